The highest BCUT2D eigenvalue weighted by Gasteiger charge is 2.50. The second-order valence-corrected chi connectivity index (χ2v) is 10.8. The predicted molar refractivity (Wildman–Crippen MR) is 104 cm³/mol. The minimum absolute atomic E-state index is 0.404. The zero-order valence-electron chi connectivity index (χ0n) is 15.2. The van der Waals surface area contributed by atoms with E-state index in [0.29, 0.717) is 16.9 Å². The Bertz CT molecular complexity index is 894. The molecule has 0 saturated heterocycles. The first kappa shape index (κ1) is 16.8. The predicted octanol–water partition coefficient (Wildman–Crippen LogP) is 4.72. The van der Waals surface area contributed by atoms with Gasteiger partial charge in [0, 0.05) is 11.9 Å². The molecule has 0 amide bonds. The van der Waals surface area contributed by atoms with E-state index in [-0.39, 0.29) is 0 Å². The lowest BCUT2D eigenvalue weighted by Crippen LogP contribution is -2.47. The summed E-state index contributed by atoms with van der Waals surface area (Å²) in [6.45, 7) is 0.567. The molecule has 0 radical (unpaired) electrons. The number of hydrogen-bond acceptors (Lipinski definition) is 2. The van der Waals surface area contributed by atoms with Crippen molar-refractivity contribution in [1.82, 2.24) is 4.72 Å². The van der Waals surface area contributed by atoms with Gasteiger partial charge >= 0.3 is 0 Å². The Morgan fingerprint density at radius 2 is 1.50 bits per heavy atom. The lowest BCUT2D eigenvalue weighted by atomic mass is 9.49. The highest BCUT2D eigenvalue weighted by Crippen LogP contribution is 2.61. The molecular weight excluding hydrogens is 342 g/mol. The minimum atomic E-state index is -3.47. The zero-order valence-corrected chi connectivity index (χ0v) is 16.0. The van der Waals surface area contributed by atoms with E-state index < -0.39 is 10.0 Å². The molecule has 26 heavy (non-hydrogen) atoms. The van der Waals surface area contributed by atoms with Crippen LogP contribution in [0.4, 0.5) is 0 Å². The van der Waals surface area contributed by atoms with Crippen molar-refractivity contribution >= 4 is 20.8 Å². The fraction of sp³-hybridized carbons (Fsp3) is 0.545. The quantitative estimate of drug-likeness (QED) is 0.828. The molecule has 4 fully saturated rings. The first-order chi connectivity index (χ1) is 12.5. The molecule has 2 aromatic rings. The van der Waals surface area contributed by atoms with Crippen LogP contribution >= 0.6 is 0 Å². The molecule has 0 aliphatic heterocycles. The fourth-order valence-electron chi connectivity index (χ4n) is 6.55. The molecule has 6 rings (SSSR count). The summed E-state index contributed by atoms with van der Waals surface area (Å²) in [6.07, 6.45) is 9.28. The standard InChI is InChI=1S/C22H27NO2S/c24-26(25,21-7-3-5-19-4-1-2-6-20(19)21)23-9-8-22-13-16-10-17(14-22)12-18(11-16)15-22/h1-7,16-18,23H,8-15H2. The summed E-state index contributed by atoms with van der Waals surface area (Å²) in [5, 5.41) is 1.77. The van der Waals surface area contributed by atoms with Gasteiger partial charge in [0.2, 0.25) is 10.0 Å². The summed E-state index contributed by atoms with van der Waals surface area (Å²) < 4.78 is 28.8. The summed E-state index contributed by atoms with van der Waals surface area (Å²) in [5.41, 5.74) is 0.413. The highest BCUT2D eigenvalue weighted by molar-refractivity contribution is 7.89. The van der Waals surface area contributed by atoms with Crippen molar-refractivity contribution in [3.63, 3.8) is 0 Å². The molecule has 4 saturated carbocycles. The highest BCUT2D eigenvalue weighted by atomic mass is 32.2. The smallest absolute Gasteiger partial charge is 0.211 e. The number of sulfonamides is 1. The molecule has 1 N–H and O–H groups in total. The van der Waals surface area contributed by atoms with Crippen molar-refractivity contribution in [2.75, 3.05) is 6.54 Å². The SMILES string of the molecule is O=S(=O)(NCCC12CC3CC(CC(C3)C1)C2)c1cccc2ccccc12. The van der Waals surface area contributed by atoms with E-state index in [2.05, 4.69) is 4.72 Å². The Hall–Kier alpha value is -1.39. The molecule has 0 aromatic heterocycles. The van der Waals surface area contributed by atoms with Gasteiger partial charge in [-0.3, -0.25) is 0 Å². The Balaban J connectivity index is 1.32. The van der Waals surface area contributed by atoms with Crippen molar-refractivity contribution in [2.45, 2.75) is 49.8 Å². The molecule has 0 spiro atoms. The first-order valence-corrected chi connectivity index (χ1v) is 11.5. The van der Waals surface area contributed by atoms with Gasteiger partial charge in [-0.2, -0.15) is 0 Å². The van der Waals surface area contributed by atoms with Gasteiger partial charge in [0.1, 0.15) is 0 Å². The molecule has 4 aliphatic carbocycles. The van der Waals surface area contributed by atoms with Gasteiger partial charge in [-0.25, -0.2) is 13.1 Å². The number of rotatable bonds is 5. The van der Waals surface area contributed by atoms with Crippen molar-refractivity contribution in [3.05, 3.63) is 42.5 Å². The van der Waals surface area contributed by atoms with E-state index in [1.165, 1.54) is 38.5 Å². The van der Waals surface area contributed by atoms with Crippen LogP contribution in [0.5, 0.6) is 0 Å². The maximum atomic E-state index is 12.9. The van der Waals surface area contributed by atoms with Crippen LogP contribution in [0.15, 0.2) is 47.4 Å². The average molecular weight is 370 g/mol. The van der Waals surface area contributed by atoms with Gasteiger partial charge in [0.05, 0.1) is 4.90 Å². The van der Waals surface area contributed by atoms with Gasteiger partial charge in [-0.15, -0.1) is 0 Å². The van der Waals surface area contributed by atoms with Crippen LogP contribution in [0.2, 0.25) is 0 Å². The number of hydrogen-bond donors (Lipinski definition) is 1. The van der Waals surface area contributed by atoms with Gasteiger partial charge in [-0.1, -0.05) is 36.4 Å². The number of fused-ring (bicyclic) bond motifs is 1. The maximum Gasteiger partial charge on any atom is 0.241 e. The van der Waals surface area contributed by atoms with Crippen LogP contribution in [0.1, 0.15) is 44.9 Å². The van der Waals surface area contributed by atoms with E-state index in [4.69, 9.17) is 0 Å². The van der Waals surface area contributed by atoms with Gasteiger partial charge in [0.15, 0.2) is 0 Å². The van der Waals surface area contributed by atoms with Crippen LogP contribution in [0, 0.1) is 23.2 Å². The Labute approximate surface area is 156 Å². The largest absolute Gasteiger partial charge is 0.241 e. The summed E-state index contributed by atoms with van der Waals surface area (Å²) in [4.78, 5) is 0.404. The third-order valence-corrected chi connectivity index (χ3v) is 8.67. The normalized spacial score (nSPS) is 33.0. The van der Waals surface area contributed by atoms with E-state index in [0.717, 1.165) is 34.9 Å². The molecule has 0 heterocycles. The van der Waals surface area contributed by atoms with Crippen molar-refractivity contribution in [1.29, 1.82) is 0 Å². The second-order valence-electron chi connectivity index (χ2n) is 9.04. The van der Waals surface area contributed by atoms with Gasteiger partial charge in [-0.05, 0) is 79.6 Å². The molecule has 3 nitrogen and oxygen atoms in total. The average Bonchev–Trinajstić information content (AvgIpc) is 2.59. The van der Waals surface area contributed by atoms with E-state index in [1.54, 1.807) is 6.07 Å². The molecule has 4 aliphatic rings. The van der Waals surface area contributed by atoms with Crippen LogP contribution in [-0.2, 0) is 10.0 Å². The number of nitrogens with one attached hydrogen (secondary N) is 1. The summed E-state index contributed by atoms with van der Waals surface area (Å²) in [5.74, 6) is 2.74. The third kappa shape index (κ3) is 2.87. The summed E-state index contributed by atoms with van der Waals surface area (Å²) in [7, 11) is -3.47. The van der Waals surface area contributed by atoms with Crippen LogP contribution in [0.3, 0.4) is 0 Å². The minimum Gasteiger partial charge on any atom is -0.211 e. The second kappa shape index (κ2) is 6.07. The lowest BCUT2D eigenvalue weighted by molar-refractivity contribution is -0.0561. The third-order valence-electron chi connectivity index (χ3n) is 7.15. The molecule has 138 valence electrons. The Morgan fingerprint density at radius 1 is 0.885 bits per heavy atom. The zero-order chi connectivity index (χ0) is 17.8. The van der Waals surface area contributed by atoms with Crippen molar-refractivity contribution < 1.29 is 8.42 Å². The van der Waals surface area contributed by atoms with Crippen molar-refractivity contribution in [3.8, 4) is 0 Å². The van der Waals surface area contributed by atoms with Gasteiger partial charge < -0.3 is 0 Å². The molecule has 2 aromatic carbocycles. The monoisotopic (exact) mass is 369 g/mol. The van der Waals surface area contributed by atoms with Crippen LogP contribution < -0.4 is 4.72 Å². The molecule has 0 atom stereocenters. The van der Waals surface area contributed by atoms with E-state index in [9.17, 15) is 8.42 Å². The van der Waals surface area contributed by atoms with Crippen LogP contribution in [-0.4, -0.2) is 15.0 Å². The topological polar surface area (TPSA) is 46.2 Å². The fourth-order valence-corrected chi connectivity index (χ4v) is 7.81. The van der Waals surface area contributed by atoms with Gasteiger partial charge in [0.25, 0.3) is 0 Å². The van der Waals surface area contributed by atoms with Crippen molar-refractivity contribution in [2.24, 2.45) is 23.2 Å². The van der Waals surface area contributed by atoms with Crippen LogP contribution in [0.25, 0.3) is 10.8 Å². The molecular formula is C22H27NO2S. The molecule has 4 bridgehead atoms. The molecule has 0 unspecified atom stereocenters. The maximum absolute atomic E-state index is 12.9. The summed E-state index contributed by atoms with van der Waals surface area (Å²) in [6, 6.07) is 13.2. The Morgan fingerprint density at radius 3 is 2.19 bits per heavy atom. The lowest BCUT2D eigenvalue weighted by Gasteiger charge is -2.57. The summed E-state index contributed by atoms with van der Waals surface area (Å²) >= 11 is 0. The first-order valence-electron chi connectivity index (χ1n) is 10.0. The molecule has 4 heteroatoms. The van der Waals surface area contributed by atoms with E-state index in [1.807, 2.05) is 36.4 Å². The number of benzene rings is 2. The Kier molecular flexibility index (Phi) is 3.91. The van der Waals surface area contributed by atoms with E-state index >= 15 is 0 Å².